The van der Waals surface area contributed by atoms with Crippen molar-refractivity contribution in [1.82, 2.24) is 4.98 Å². The van der Waals surface area contributed by atoms with E-state index in [1.54, 1.807) is 37.3 Å². The Morgan fingerprint density at radius 2 is 1.58 bits per heavy atom. The van der Waals surface area contributed by atoms with Crippen LogP contribution in [0.2, 0.25) is 0 Å². The maximum atomic E-state index is 13.3. The molecule has 0 amide bonds. The Morgan fingerprint density at radius 1 is 1.00 bits per heavy atom. The van der Waals surface area contributed by atoms with Gasteiger partial charge in [0.15, 0.2) is 9.84 Å². The topological polar surface area (TPSA) is 70.8 Å². The Kier molecular flexibility index (Phi) is 4.58. The van der Waals surface area contributed by atoms with E-state index >= 15 is 0 Å². The van der Waals surface area contributed by atoms with Crippen molar-refractivity contribution in [1.29, 1.82) is 5.26 Å². The summed E-state index contributed by atoms with van der Waals surface area (Å²) in [6.45, 7) is 1.74. The van der Waals surface area contributed by atoms with Crippen molar-refractivity contribution >= 4 is 9.84 Å². The van der Waals surface area contributed by atoms with E-state index in [0.717, 1.165) is 11.8 Å². The summed E-state index contributed by atoms with van der Waals surface area (Å²) in [7, 11) is -3.30. The van der Waals surface area contributed by atoms with Crippen molar-refractivity contribution < 1.29 is 12.8 Å². The van der Waals surface area contributed by atoms with Gasteiger partial charge in [0.25, 0.3) is 0 Å². The summed E-state index contributed by atoms with van der Waals surface area (Å²) in [5, 5.41) is 9.32. The maximum Gasteiger partial charge on any atom is 0.175 e. The summed E-state index contributed by atoms with van der Waals surface area (Å²) in [6.07, 6.45) is 1.15. The van der Waals surface area contributed by atoms with Crippen LogP contribution < -0.4 is 0 Å². The van der Waals surface area contributed by atoms with Gasteiger partial charge in [-0.25, -0.2) is 12.8 Å². The Bertz CT molecular complexity index is 1110. The van der Waals surface area contributed by atoms with Gasteiger partial charge in [-0.3, -0.25) is 4.98 Å². The van der Waals surface area contributed by atoms with E-state index in [4.69, 9.17) is 0 Å². The molecule has 0 aliphatic heterocycles. The number of hydrogen-bond acceptors (Lipinski definition) is 4. The molecular formula is C20H15FN2O2S. The second kappa shape index (κ2) is 6.70. The van der Waals surface area contributed by atoms with E-state index in [-0.39, 0.29) is 10.7 Å². The lowest BCUT2D eigenvalue weighted by molar-refractivity contribution is 0.602. The van der Waals surface area contributed by atoms with Crippen LogP contribution in [0.3, 0.4) is 0 Å². The van der Waals surface area contributed by atoms with Crippen LogP contribution in [0.25, 0.3) is 22.4 Å². The van der Waals surface area contributed by atoms with E-state index in [2.05, 4.69) is 11.1 Å². The zero-order chi connectivity index (χ0) is 18.9. The third-order valence-electron chi connectivity index (χ3n) is 4.04. The molecular weight excluding hydrogens is 351 g/mol. The highest BCUT2D eigenvalue weighted by molar-refractivity contribution is 7.90. The van der Waals surface area contributed by atoms with Crippen LogP contribution in [0.4, 0.5) is 4.39 Å². The first-order valence-corrected chi connectivity index (χ1v) is 9.67. The molecule has 0 unspecified atom stereocenters. The summed E-state index contributed by atoms with van der Waals surface area (Å²) in [4.78, 5) is 4.74. The van der Waals surface area contributed by atoms with Gasteiger partial charge in [0.05, 0.1) is 21.8 Å². The fraction of sp³-hybridized carbons (Fsp3) is 0.100. The van der Waals surface area contributed by atoms with Crippen LogP contribution in [0, 0.1) is 24.1 Å². The van der Waals surface area contributed by atoms with Gasteiger partial charge < -0.3 is 0 Å². The molecule has 0 saturated carbocycles. The predicted octanol–water partition coefficient (Wildman–Crippen LogP) is 4.14. The Hall–Kier alpha value is -3.04. The van der Waals surface area contributed by atoms with Crippen molar-refractivity contribution in [2.75, 3.05) is 6.26 Å². The highest BCUT2D eigenvalue weighted by atomic mass is 32.2. The smallest absolute Gasteiger partial charge is 0.175 e. The van der Waals surface area contributed by atoms with Crippen LogP contribution in [0.15, 0.2) is 59.5 Å². The number of rotatable bonds is 3. The van der Waals surface area contributed by atoms with Crippen molar-refractivity contribution in [2.24, 2.45) is 0 Å². The van der Waals surface area contributed by atoms with E-state index in [9.17, 15) is 18.1 Å². The van der Waals surface area contributed by atoms with Gasteiger partial charge >= 0.3 is 0 Å². The van der Waals surface area contributed by atoms with Crippen LogP contribution in [0.1, 0.15) is 11.3 Å². The Morgan fingerprint density at radius 3 is 2.12 bits per heavy atom. The number of benzene rings is 2. The number of nitrogens with zero attached hydrogens (tertiary/aromatic N) is 2. The lowest BCUT2D eigenvalue weighted by Gasteiger charge is -2.12. The highest BCUT2D eigenvalue weighted by Gasteiger charge is 2.14. The lowest BCUT2D eigenvalue weighted by atomic mass is 9.97. The predicted molar refractivity (Wildman–Crippen MR) is 97.6 cm³/mol. The van der Waals surface area contributed by atoms with Gasteiger partial charge in [-0.2, -0.15) is 5.26 Å². The average Bonchev–Trinajstić information content (AvgIpc) is 2.61. The molecule has 130 valence electrons. The third kappa shape index (κ3) is 3.48. The van der Waals surface area contributed by atoms with Gasteiger partial charge in [0, 0.05) is 17.4 Å². The minimum atomic E-state index is -3.30. The average molecular weight is 366 g/mol. The first-order valence-electron chi connectivity index (χ1n) is 7.78. The zero-order valence-electron chi connectivity index (χ0n) is 14.2. The minimum Gasteiger partial charge on any atom is -0.251 e. The normalized spacial score (nSPS) is 11.2. The molecule has 0 bridgehead atoms. The second-order valence-electron chi connectivity index (χ2n) is 5.93. The maximum absolute atomic E-state index is 13.3. The molecule has 0 fully saturated rings. The standard InChI is InChI=1S/C20H15FN2O2S/c1-13-16(12-22)11-19(14-5-9-18(10-6-14)26(2,24)25)20(23-13)15-3-7-17(21)8-4-15/h3-11H,1-2H3. The first-order chi connectivity index (χ1) is 12.3. The zero-order valence-corrected chi connectivity index (χ0v) is 15.0. The summed E-state index contributed by atoms with van der Waals surface area (Å²) in [5.74, 6) is -0.349. The molecule has 0 aliphatic rings. The molecule has 6 heteroatoms. The quantitative estimate of drug-likeness (QED) is 0.698. The van der Waals surface area contributed by atoms with Gasteiger partial charge in [-0.15, -0.1) is 0 Å². The molecule has 1 aromatic heterocycles. The van der Waals surface area contributed by atoms with Crippen LogP contribution >= 0.6 is 0 Å². The molecule has 4 nitrogen and oxygen atoms in total. The molecule has 0 radical (unpaired) electrons. The molecule has 0 atom stereocenters. The number of sulfone groups is 1. The van der Waals surface area contributed by atoms with Gasteiger partial charge in [-0.1, -0.05) is 12.1 Å². The van der Waals surface area contributed by atoms with Crippen molar-refractivity contribution in [3.05, 3.63) is 71.7 Å². The number of aryl methyl sites for hydroxylation is 1. The Labute approximate surface area is 151 Å². The molecule has 0 spiro atoms. The first kappa shape index (κ1) is 17.8. The largest absolute Gasteiger partial charge is 0.251 e. The van der Waals surface area contributed by atoms with Gasteiger partial charge in [0.1, 0.15) is 11.9 Å². The van der Waals surface area contributed by atoms with E-state index in [1.165, 1.54) is 24.3 Å². The number of hydrogen-bond donors (Lipinski definition) is 0. The monoisotopic (exact) mass is 366 g/mol. The molecule has 3 aromatic rings. The van der Waals surface area contributed by atoms with E-state index < -0.39 is 9.84 Å². The summed E-state index contributed by atoms with van der Waals surface area (Å²) < 4.78 is 36.6. The van der Waals surface area contributed by atoms with Gasteiger partial charge in [0.2, 0.25) is 0 Å². The Balaban J connectivity index is 2.22. The molecule has 1 heterocycles. The SMILES string of the molecule is Cc1nc(-c2ccc(F)cc2)c(-c2ccc(S(C)(=O)=O)cc2)cc1C#N. The second-order valence-corrected chi connectivity index (χ2v) is 7.95. The fourth-order valence-corrected chi connectivity index (χ4v) is 3.28. The summed E-state index contributed by atoms with van der Waals surface area (Å²) in [5.41, 5.74) is 3.72. The van der Waals surface area contributed by atoms with E-state index in [1.807, 2.05) is 0 Å². The number of pyridine rings is 1. The molecule has 26 heavy (non-hydrogen) atoms. The number of halogens is 1. The number of nitriles is 1. The molecule has 3 rings (SSSR count). The van der Waals surface area contributed by atoms with E-state index in [0.29, 0.717) is 28.1 Å². The molecule has 0 N–H and O–H groups in total. The highest BCUT2D eigenvalue weighted by Crippen LogP contribution is 2.33. The van der Waals surface area contributed by atoms with Crippen LogP contribution in [0.5, 0.6) is 0 Å². The molecule has 2 aromatic carbocycles. The van der Waals surface area contributed by atoms with Crippen molar-refractivity contribution in [3.63, 3.8) is 0 Å². The minimum absolute atomic E-state index is 0.213. The molecule has 0 saturated heterocycles. The van der Waals surface area contributed by atoms with Crippen molar-refractivity contribution in [2.45, 2.75) is 11.8 Å². The van der Waals surface area contributed by atoms with Crippen LogP contribution in [-0.2, 0) is 9.84 Å². The summed E-state index contributed by atoms with van der Waals surface area (Å²) in [6, 6.07) is 16.2. The third-order valence-corrected chi connectivity index (χ3v) is 5.17. The van der Waals surface area contributed by atoms with Crippen LogP contribution in [-0.4, -0.2) is 19.7 Å². The van der Waals surface area contributed by atoms with Crippen molar-refractivity contribution in [3.8, 4) is 28.5 Å². The summed E-state index contributed by atoms with van der Waals surface area (Å²) >= 11 is 0. The number of aromatic nitrogens is 1. The lowest BCUT2D eigenvalue weighted by Crippen LogP contribution is -1.98. The fourth-order valence-electron chi connectivity index (χ4n) is 2.65. The van der Waals surface area contributed by atoms with Gasteiger partial charge in [-0.05, 0) is 55.0 Å². The molecule has 0 aliphatic carbocycles.